The number of aliphatic hydroxyl groups is 4. The Morgan fingerprint density at radius 3 is 2.26 bits per heavy atom. The summed E-state index contributed by atoms with van der Waals surface area (Å²) in [4.78, 5) is 12.8. The highest BCUT2D eigenvalue weighted by Crippen LogP contribution is 2.37. The lowest BCUT2D eigenvalue weighted by molar-refractivity contribution is -0.157. The van der Waals surface area contributed by atoms with E-state index in [0.29, 0.717) is 6.42 Å². The van der Waals surface area contributed by atoms with Gasteiger partial charge in [-0.1, -0.05) is 12.1 Å². The summed E-state index contributed by atoms with van der Waals surface area (Å²) in [6.45, 7) is -0.450. The van der Waals surface area contributed by atoms with E-state index in [4.69, 9.17) is 4.74 Å². The molecule has 5 atom stereocenters. The van der Waals surface area contributed by atoms with E-state index in [2.05, 4.69) is 0 Å². The number of aromatic hydroxyl groups is 3. The maximum absolute atomic E-state index is 12.8. The molecule has 1 aliphatic carbocycles. The van der Waals surface area contributed by atoms with Crippen LogP contribution >= 0.6 is 0 Å². The van der Waals surface area contributed by atoms with Gasteiger partial charge >= 0.3 is 0 Å². The number of Topliss-reactive ketones (excluding diaryl/α,β-unsaturated/α-hetero) is 1. The van der Waals surface area contributed by atoms with E-state index in [1.54, 1.807) is 12.1 Å². The van der Waals surface area contributed by atoms with Crippen molar-refractivity contribution in [2.24, 2.45) is 5.92 Å². The molecule has 3 rings (SSSR count). The lowest BCUT2D eigenvalue weighted by Crippen LogP contribution is -2.56. The van der Waals surface area contributed by atoms with Crippen LogP contribution in [-0.4, -0.2) is 72.6 Å². The fourth-order valence-electron chi connectivity index (χ4n) is 3.75. The second kappa shape index (κ2) is 9.52. The molecule has 2 aromatic carbocycles. The van der Waals surface area contributed by atoms with Crippen molar-refractivity contribution in [1.82, 2.24) is 0 Å². The molecule has 31 heavy (non-hydrogen) atoms. The number of ketones is 1. The SMILES string of the molecule is O=C(CCc1ccc(O)cc1)c1c(O)cc(O)cc1O[C@@H]1CC(CO)[C@@H](O)C(O)C1O. The summed E-state index contributed by atoms with van der Waals surface area (Å²) >= 11 is 0. The molecule has 9 heteroatoms. The number of ether oxygens (including phenoxy) is 1. The third-order valence-corrected chi connectivity index (χ3v) is 5.53. The minimum atomic E-state index is -1.57. The summed E-state index contributed by atoms with van der Waals surface area (Å²) in [5, 5.41) is 69.2. The van der Waals surface area contributed by atoms with E-state index < -0.39 is 48.5 Å². The van der Waals surface area contributed by atoms with Crippen LogP contribution in [0.4, 0.5) is 0 Å². The summed E-state index contributed by atoms with van der Waals surface area (Å²) in [5.41, 5.74) is 0.599. The average Bonchev–Trinajstić information content (AvgIpc) is 2.73. The van der Waals surface area contributed by atoms with Gasteiger partial charge in [-0.25, -0.2) is 0 Å². The smallest absolute Gasteiger partial charge is 0.170 e. The van der Waals surface area contributed by atoms with Crippen LogP contribution in [0.25, 0.3) is 0 Å². The molecule has 1 aliphatic rings. The van der Waals surface area contributed by atoms with Crippen molar-refractivity contribution in [1.29, 1.82) is 0 Å². The van der Waals surface area contributed by atoms with Gasteiger partial charge < -0.3 is 40.5 Å². The van der Waals surface area contributed by atoms with Gasteiger partial charge in [0.15, 0.2) is 5.78 Å². The lowest BCUT2D eigenvalue weighted by atomic mass is 9.81. The van der Waals surface area contributed by atoms with Gasteiger partial charge in [-0.05, 0) is 30.5 Å². The molecule has 0 amide bonds. The molecule has 0 spiro atoms. The van der Waals surface area contributed by atoms with Gasteiger partial charge in [-0.2, -0.15) is 0 Å². The van der Waals surface area contributed by atoms with Crippen LogP contribution in [0.3, 0.4) is 0 Å². The zero-order valence-electron chi connectivity index (χ0n) is 16.6. The van der Waals surface area contributed by atoms with Gasteiger partial charge in [0, 0.05) is 31.1 Å². The lowest BCUT2D eigenvalue weighted by Gasteiger charge is -2.39. The number of hydrogen-bond acceptors (Lipinski definition) is 9. The minimum absolute atomic E-state index is 0.00665. The van der Waals surface area contributed by atoms with Crippen LogP contribution in [0.15, 0.2) is 36.4 Å². The molecular formula is C22H26O9. The number of aliphatic hydroxyl groups excluding tert-OH is 4. The third-order valence-electron chi connectivity index (χ3n) is 5.53. The van der Waals surface area contributed by atoms with E-state index in [1.165, 1.54) is 12.1 Å². The highest BCUT2D eigenvalue weighted by molar-refractivity contribution is 6.01. The first-order valence-electron chi connectivity index (χ1n) is 9.90. The summed E-state index contributed by atoms with van der Waals surface area (Å²) in [7, 11) is 0. The Kier molecular flexibility index (Phi) is 7.01. The van der Waals surface area contributed by atoms with Gasteiger partial charge in [0.1, 0.15) is 46.9 Å². The second-order valence-corrected chi connectivity index (χ2v) is 7.73. The Morgan fingerprint density at radius 2 is 1.61 bits per heavy atom. The molecule has 0 bridgehead atoms. The van der Waals surface area contributed by atoms with Crippen molar-refractivity contribution in [3.63, 3.8) is 0 Å². The van der Waals surface area contributed by atoms with Gasteiger partial charge in [0.05, 0.1) is 6.10 Å². The predicted molar refractivity (Wildman–Crippen MR) is 108 cm³/mol. The van der Waals surface area contributed by atoms with Crippen LogP contribution in [0, 0.1) is 5.92 Å². The number of rotatable bonds is 7. The number of phenols is 3. The number of aryl methyl sites for hydroxylation is 1. The molecule has 9 nitrogen and oxygen atoms in total. The molecule has 0 saturated heterocycles. The molecule has 0 aliphatic heterocycles. The summed E-state index contributed by atoms with van der Waals surface area (Å²) < 4.78 is 5.69. The number of hydrogen-bond donors (Lipinski definition) is 7. The van der Waals surface area contributed by atoms with Crippen molar-refractivity contribution >= 4 is 5.78 Å². The molecule has 0 radical (unpaired) electrons. The second-order valence-electron chi connectivity index (χ2n) is 7.73. The van der Waals surface area contributed by atoms with Gasteiger partial charge in [0.2, 0.25) is 0 Å². The van der Waals surface area contributed by atoms with Crippen LogP contribution < -0.4 is 4.74 Å². The monoisotopic (exact) mass is 434 g/mol. The van der Waals surface area contributed by atoms with Gasteiger partial charge in [-0.3, -0.25) is 4.79 Å². The van der Waals surface area contributed by atoms with Crippen LogP contribution in [0.2, 0.25) is 0 Å². The zero-order chi connectivity index (χ0) is 22.7. The average molecular weight is 434 g/mol. The summed E-state index contributed by atoms with van der Waals surface area (Å²) in [6.07, 6.45) is -5.23. The molecular weight excluding hydrogens is 408 g/mol. The molecule has 168 valence electrons. The topological polar surface area (TPSA) is 168 Å². The Hall–Kier alpha value is -2.85. The molecule has 1 saturated carbocycles. The Bertz CT molecular complexity index is 910. The summed E-state index contributed by atoms with van der Waals surface area (Å²) in [5.74, 6) is -2.20. The Morgan fingerprint density at radius 1 is 0.935 bits per heavy atom. The van der Waals surface area contributed by atoms with Crippen LogP contribution in [0.5, 0.6) is 23.0 Å². The largest absolute Gasteiger partial charge is 0.508 e. The first-order valence-corrected chi connectivity index (χ1v) is 9.90. The van der Waals surface area contributed by atoms with Crippen molar-refractivity contribution in [2.75, 3.05) is 6.61 Å². The fraction of sp³-hybridized carbons (Fsp3) is 0.409. The summed E-state index contributed by atoms with van der Waals surface area (Å²) in [6, 6.07) is 8.43. The van der Waals surface area contributed by atoms with Crippen molar-refractivity contribution < 1.29 is 45.3 Å². The van der Waals surface area contributed by atoms with Crippen molar-refractivity contribution in [3.05, 3.63) is 47.5 Å². The van der Waals surface area contributed by atoms with Gasteiger partial charge in [0.25, 0.3) is 0 Å². The highest BCUT2D eigenvalue weighted by Gasteiger charge is 2.44. The standard InChI is InChI=1S/C22H26O9/c23-10-12-7-18(21(29)22(30)20(12)28)31-17-9-14(25)8-16(27)19(17)15(26)6-3-11-1-4-13(24)5-2-11/h1-2,4-5,8-9,12,18,20-25,27-30H,3,6-7,10H2/t12?,18-,20-,21?,22?/m1/s1. The Labute approximate surface area is 178 Å². The van der Waals surface area contributed by atoms with Crippen LogP contribution in [0.1, 0.15) is 28.8 Å². The third kappa shape index (κ3) is 5.08. The molecule has 3 unspecified atom stereocenters. The first-order chi connectivity index (χ1) is 14.7. The quantitative estimate of drug-likeness (QED) is 0.306. The van der Waals surface area contributed by atoms with Crippen molar-refractivity contribution in [3.8, 4) is 23.0 Å². The van der Waals surface area contributed by atoms with Crippen LogP contribution in [-0.2, 0) is 6.42 Å². The normalized spacial score (nSPS) is 25.9. The number of carbonyl (C=O) groups is 1. The molecule has 1 fully saturated rings. The maximum atomic E-state index is 12.8. The maximum Gasteiger partial charge on any atom is 0.170 e. The van der Waals surface area contributed by atoms with E-state index in [0.717, 1.165) is 17.7 Å². The van der Waals surface area contributed by atoms with Crippen molar-refractivity contribution in [2.45, 2.75) is 43.7 Å². The molecule has 0 heterocycles. The Balaban J connectivity index is 1.82. The van der Waals surface area contributed by atoms with E-state index in [9.17, 15) is 40.5 Å². The number of benzene rings is 2. The molecule has 7 N–H and O–H groups in total. The van der Waals surface area contributed by atoms with E-state index in [-0.39, 0.29) is 35.7 Å². The van der Waals surface area contributed by atoms with Gasteiger partial charge in [-0.15, -0.1) is 0 Å². The first kappa shape index (κ1) is 22.8. The zero-order valence-corrected chi connectivity index (χ0v) is 16.6. The highest BCUT2D eigenvalue weighted by atomic mass is 16.5. The molecule has 2 aromatic rings. The number of carbonyl (C=O) groups excluding carboxylic acids is 1. The predicted octanol–water partition coefficient (Wildman–Crippen LogP) is 0.461. The van der Waals surface area contributed by atoms with E-state index in [1.807, 2.05) is 0 Å². The number of phenolic OH excluding ortho intramolecular Hbond substituents is 3. The van der Waals surface area contributed by atoms with E-state index >= 15 is 0 Å². The minimum Gasteiger partial charge on any atom is -0.508 e. The molecule has 0 aromatic heterocycles. The fourth-order valence-corrected chi connectivity index (χ4v) is 3.75.